The van der Waals surface area contributed by atoms with E-state index in [1.165, 1.54) is 23.3 Å². The number of Topliss-reactive ketones (excluding diaryl/α,β-unsaturated/α-hetero) is 1. The number of phenolic OH excluding ortho intramolecular Hbond substituents is 1. The molecule has 0 radical (unpaired) electrons. The Labute approximate surface area is 219 Å². The van der Waals surface area contributed by atoms with E-state index in [2.05, 4.69) is 28.7 Å². The van der Waals surface area contributed by atoms with Crippen molar-refractivity contribution in [2.45, 2.75) is 57.7 Å². The van der Waals surface area contributed by atoms with Gasteiger partial charge in [-0.15, -0.1) is 18.9 Å². The molecule has 0 amide bonds. The normalized spacial score (nSPS) is 30.3. The molecule has 0 spiro atoms. The number of aryl methyl sites for hydroxylation is 1. The second-order valence-corrected chi connectivity index (χ2v) is 11.3. The van der Waals surface area contributed by atoms with Crippen molar-refractivity contribution in [3.63, 3.8) is 0 Å². The van der Waals surface area contributed by atoms with Crippen LogP contribution < -0.4 is 10.3 Å². The van der Waals surface area contributed by atoms with Crippen LogP contribution in [0.15, 0.2) is 48.7 Å². The number of carbonyl (C=O) groups is 1. The van der Waals surface area contributed by atoms with Gasteiger partial charge >= 0.3 is 6.36 Å². The highest BCUT2D eigenvalue weighted by Gasteiger charge is 2.58. The van der Waals surface area contributed by atoms with Crippen LogP contribution >= 0.6 is 0 Å². The van der Waals surface area contributed by atoms with Crippen molar-refractivity contribution >= 4 is 11.5 Å². The predicted molar refractivity (Wildman–Crippen MR) is 136 cm³/mol. The zero-order valence-corrected chi connectivity index (χ0v) is 21.2. The molecular formula is C29H31F3N3O3-. The number of benzene rings is 2. The number of aromatic hydroxyl groups is 1. The Bertz CT molecular complexity index is 1260. The minimum Gasteiger partial charge on any atom is -0.602 e. The molecule has 3 aliphatic carbocycles. The van der Waals surface area contributed by atoms with Gasteiger partial charge in [-0.3, -0.25) is 4.79 Å². The summed E-state index contributed by atoms with van der Waals surface area (Å²) in [4.78, 5) is 13.3. The zero-order chi connectivity index (χ0) is 26.7. The summed E-state index contributed by atoms with van der Waals surface area (Å²) in [5.41, 5.74) is 10.9. The van der Waals surface area contributed by atoms with Gasteiger partial charge < -0.3 is 25.8 Å². The molecule has 1 aliphatic heterocycles. The molecule has 2 saturated carbocycles. The molecule has 38 heavy (non-hydrogen) atoms. The SMILES string of the molecule is C[C@]12CC[C@@H]3c4ccc(O)cc4CC[C@H]3[C@@H]1[C@H](CCN1C=C(c3ccc(OC(F)(F)F)cc3)[N-]N1)CC2=O. The minimum absolute atomic E-state index is 0.272. The number of rotatable bonds is 5. The number of nitrogens with one attached hydrogen (secondary N) is 1. The maximum Gasteiger partial charge on any atom is 0.573 e. The molecule has 1 heterocycles. The highest BCUT2D eigenvalue weighted by atomic mass is 19.4. The first-order valence-electron chi connectivity index (χ1n) is 13.3. The van der Waals surface area contributed by atoms with Gasteiger partial charge in [0.15, 0.2) is 0 Å². The van der Waals surface area contributed by atoms with E-state index >= 15 is 0 Å². The van der Waals surface area contributed by atoms with Crippen molar-refractivity contribution in [2.24, 2.45) is 23.2 Å². The molecule has 2 N–H and O–H groups in total. The standard InChI is InChI=1S/C29H31F3N3O3/c1-28-12-10-23-22-9-5-20(36)14-18(22)4-8-24(23)27(28)19(15-26(28)37)11-13-35-16-25(33-34-35)17-2-6-21(7-3-17)38-29(30,31)32/h2-3,5-7,9,14,16,19,23-24,27,34,36H,4,8,10-13,15H2,1H3/q-1/t19-,23-,24-,27+,28-/m1/s1. The Hall–Kier alpha value is -3.20. The molecule has 6 nitrogen and oxygen atoms in total. The fourth-order valence-corrected chi connectivity index (χ4v) is 7.60. The summed E-state index contributed by atoms with van der Waals surface area (Å²) >= 11 is 0. The molecule has 0 saturated heterocycles. The summed E-state index contributed by atoms with van der Waals surface area (Å²) in [6.45, 7) is 2.85. The van der Waals surface area contributed by atoms with Crippen molar-refractivity contribution in [1.82, 2.24) is 10.5 Å². The van der Waals surface area contributed by atoms with E-state index in [0.29, 0.717) is 53.5 Å². The van der Waals surface area contributed by atoms with Crippen molar-refractivity contribution in [3.05, 3.63) is 70.8 Å². The lowest BCUT2D eigenvalue weighted by atomic mass is 9.54. The summed E-state index contributed by atoms with van der Waals surface area (Å²) in [6, 6.07) is 11.4. The quantitative estimate of drug-likeness (QED) is 0.469. The average molecular weight is 527 g/mol. The van der Waals surface area contributed by atoms with Crippen LogP contribution in [0, 0.1) is 23.2 Å². The molecule has 2 aromatic rings. The first kappa shape index (κ1) is 25.1. The Morgan fingerprint density at radius 1 is 1.18 bits per heavy atom. The summed E-state index contributed by atoms with van der Waals surface area (Å²) in [5, 5.41) is 11.8. The molecule has 6 rings (SSSR count). The number of hydrogen-bond acceptors (Lipinski definition) is 5. The maximum atomic E-state index is 13.3. The number of fused-ring (bicyclic) bond motifs is 5. The van der Waals surface area contributed by atoms with Crippen LogP contribution in [-0.2, 0) is 11.2 Å². The largest absolute Gasteiger partial charge is 0.602 e. The number of carbonyl (C=O) groups excluding carboxylic acids is 1. The highest BCUT2D eigenvalue weighted by molar-refractivity contribution is 5.87. The van der Waals surface area contributed by atoms with E-state index in [1.807, 2.05) is 17.3 Å². The van der Waals surface area contributed by atoms with Gasteiger partial charge in [-0.1, -0.05) is 25.1 Å². The lowest BCUT2D eigenvalue weighted by Crippen LogP contribution is -2.44. The van der Waals surface area contributed by atoms with Crippen molar-refractivity contribution in [3.8, 4) is 11.5 Å². The van der Waals surface area contributed by atoms with Crippen LogP contribution in [0.25, 0.3) is 11.1 Å². The van der Waals surface area contributed by atoms with E-state index in [-0.39, 0.29) is 17.1 Å². The van der Waals surface area contributed by atoms with Gasteiger partial charge in [0, 0.05) is 24.6 Å². The fourth-order valence-electron chi connectivity index (χ4n) is 7.60. The van der Waals surface area contributed by atoms with E-state index in [9.17, 15) is 23.1 Å². The molecule has 0 bridgehead atoms. The van der Waals surface area contributed by atoms with E-state index < -0.39 is 6.36 Å². The summed E-state index contributed by atoms with van der Waals surface area (Å²) in [6.07, 6.45) is 2.48. The topological polar surface area (TPSA) is 75.9 Å². The zero-order valence-electron chi connectivity index (χ0n) is 21.2. The van der Waals surface area contributed by atoms with Gasteiger partial charge in [-0.25, -0.2) is 0 Å². The first-order valence-corrected chi connectivity index (χ1v) is 13.3. The van der Waals surface area contributed by atoms with Gasteiger partial charge in [0.05, 0.1) is 0 Å². The fraction of sp³-hybridized carbons (Fsp3) is 0.483. The summed E-state index contributed by atoms with van der Waals surface area (Å²) in [7, 11) is 0. The lowest BCUT2D eigenvalue weighted by Gasteiger charge is -2.50. The number of hydrogen-bond donors (Lipinski definition) is 2. The number of ether oxygens (including phenoxy) is 1. The molecule has 202 valence electrons. The van der Waals surface area contributed by atoms with Crippen molar-refractivity contribution in [2.75, 3.05) is 6.54 Å². The van der Waals surface area contributed by atoms with Crippen LogP contribution in [0.1, 0.15) is 61.6 Å². The molecule has 2 aromatic carbocycles. The van der Waals surface area contributed by atoms with Gasteiger partial charge in [-0.2, -0.15) is 0 Å². The van der Waals surface area contributed by atoms with Crippen molar-refractivity contribution in [1.29, 1.82) is 0 Å². The smallest absolute Gasteiger partial charge is 0.573 e. The predicted octanol–water partition coefficient (Wildman–Crippen LogP) is 6.44. The third-order valence-electron chi connectivity index (χ3n) is 9.26. The van der Waals surface area contributed by atoms with Gasteiger partial charge in [0.1, 0.15) is 17.3 Å². The molecule has 9 heteroatoms. The van der Waals surface area contributed by atoms with Crippen LogP contribution in [0.3, 0.4) is 0 Å². The Balaban J connectivity index is 1.14. The number of nitrogens with zero attached hydrogens (tertiary/aromatic N) is 2. The Morgan fingerprint density at radius 3 is 2.74 bits per heavy atom. The molecule has 5 atom stereocenters. The summed E-state index contributed by atoms with van der Waals surface area (Å²) < 4.78 is 41.2. The van der Waals surface area contributed by atoms with Gasteiger partial charge in [0.25, 0.3) is 0 Å². The van der Waals surface area contributed by atoms with Crippen LogP contribution in [-0.4, -0.2) is 28.8 Å². The minimum atomic E-state index is -4.73. The van der Waals surface area contributed by atoms with Crippen LogP contribution in [0.4, 0.5) is 13.2 Å². The van der Waals surface area contributed by atoms with Crippen molar-refractivity contribution < 1.29 is 27.8 Å². The van der Waals surface area contributed by atoms with Crippen LogP contribution in [0.2, 0.25) is 0 Å². The van der Waals surface area contributed by atoms with E-state index in [1.54, 1.807) is 18.2 Å². The third-order valence-corrected chi connectivity index (χ3v) is 9.26. The lowest BCUT2D eigenvalue weighted by molar-refractivity contribution is -0.274. The summed E-state index contributed by atoms with van der Waals surface area (Å²) in [5.74, 6) is 1.95. The van der Waals surface area contributed by atoms with Gasteiger partial charge in [-0.05, 0) is 96.7 Å². The second-order valence-electron chi connectivity index (χ2n) is 11.3. The molecule has 0 unspecified atom stereocenters. The number of halogens is 3. The third kappa shape index (κ3) is 4.51. The maximum absolute atomic E-state index is 13.3. The molecule has 4 aliphatic rings. The van der Waals surface area contributed by atoms with Gasteiger partial charge in [0.2, 0.25) is 0 Å². The second kappa shape index (κ2) is 9.22. The number of alkyl halides is 3. The molecule has 0 aromatic heterocycles. The van der Waals surface area contributed by atoms with E-state index in [4.69, 9.17) is 0 Å². The number of phenols is 1. The van der Waals surface area contributed by atoms with Crippen LogP contribution in [0.5, 0.6) is 11.5 Å². The molecular weight excluding hydrogens is 495 g/mol. The molecule has 2 fully saturated rings. The first-order chi connectivity index (χ1) is 18.1. The van der Waals surface area contributed by atoms with E-state index in [0.717, 1.165) is 32.1 Å². The monoisotopic (exact) mass is 526 g/mol. The number of ketones is 1. The Morgan fingerprint density at radius 2 is 1.97 bits per heavy atom. The Kier molecular flexibility index (Phi) is 6.09. The number of hydrazine groups is 1. The average Bonchev–Trinajstić information content (AvgIpc) is 3.44. The highest BCUT2D eigenvalue weighted by Crippen LogP contribution is 2.62.